The number of rotatable bonds is 6. The average molecular weight is 411 g/mol. The first kappa shape index (κ1) is 20.9. The number of fused-ring (bicyclic) bond motifs is 1. The molecule has 29 heavy (non-hydrogen) atoms. The molecule has 1 aromatic rings. The molecule has 8 nitrogen and oxygen atoms in total. The summed E-state index contributed by atoms with van der Waals surface area (Å²) in [4.78, 5) is 49.9. The summed E-state index contributed by atoms with van der Waals surface area (Å²) in [5.41, 5.74) is -0.615. The first-order chi connectivity index (χ1) is 13.6. The van der Waals surface area contributed by atoms with Crippen molar-refractivity contribution in [2.75, 3.05) is 13.7 Å². The summed E-state index contributed by atoms with van der Waals surface area (Å²) in [6.45, 7) is 3.82. The van der Waals surface area contributed by atoms with Gasteiger partial charge in [0.2, 0.25) is 5.91 Å². The highest BCUT2D eigenvalue weighted by molar-refractivity contribution is 6.43. The van der Waals surface area contributed by atoms with Crippen LogP contribution in [0.15, 0.2) is 0 Å². The molecule has 0 saturated heterocycles. The van der Waals surface area contributed by atoms with Gasteiger partial charge in [0.1, 0.15) is 5.54 Å². The molecule has 2 aliphatic rings. The topological polar surface area (TPSA) is 106 Å². The van der Waals surface area contributed by atoms with Gasteiger partial charge in [0.15, 0.2) is 0 Å². The second kappa shape index (κ2) is 7.23. The van der Waals surface area contributed by atoms with Crippen LogP contribution in [0.5, 0.6) is 0 Å². The molecule has 1 aromatic heterocycles. The van der Waals surface area contributed by atoms with Crippen LogP contribution in [0, 0.1) is 6.92 Å². The number of carbonyl (C=O) groups is 4. The fraction of sp³-hybridized carbons (Fsp3) is 0.579. The third kappa shape index (κ3) is 3.40. The zero-order valence-electron chi connectivity index (χ0n) is 16.5. The van der Waals surface area contributed by atoms with Crippen LogP contribution in [0.25, 0.3) is 0 Å². The van der Waals surface area contributed by atoms with E-state index in [-0.39, 0.29) is 17.9 Å². The van der Waals surface area contributed by atoms with E-state index in [2.05, 4.69) is 10.6 Å². The number of ketones is 1. The van der Waals surface area contributed by atoms with Gasteiger partial charge in [-0.3, -0.25) is 14.4 Å². The zero-order valence-corrected chi connectivity index (χ0v) is 16.5. The van der Waals surface area contributed by atoms with Gasteiger partial charge in [-0.2, -0.15) is 0 Å². The number of halogens is 2. The number of hydrogen-bond donors (Lipinski definition) is 2. The molecule has 10 heteroatoms. The number of likely N-dealkylation sites (N-methyl/N-ethyl adjacent to an activating group) is 1. The molecular weight excluding hydrogens is 388 g/mol. The molecular formula is C19H23F2N3O5. The maximum Gasteiger partial charge on any atom is 0.340 e. The quantitative estimate of drug-likeness (QED) is 0.415. The Morgan fingerprint density at radius 3 is 2.41 bits per heavy atom. The minimum absolute atomic E-state index is 0.0243. The zero-order chi connectivity index (χ0) is 21.6. The van der Waals surface area contributed by atoms with E-state index in [4.69, 9.17) is 4.74 Å². The van der Waals surface area contributed by atoms with Gasteiger partial charge >= 0.3 is 5.97 Å². The highest BCUT2D eigenvalue weighted by Crippen LogP contribution is 2.45. The lowest BCUT2D eigenvalue weighted by molar-refractivity contribution is -0.164. The number of nitrogens with zero attached hydrogens (tertiary/aromatic N) is 1. The molecule has 3 rings (SSSR count). The predicted octanol–water partition coefficient (Wildman–Crippen LogP) is 1.13. The Hall–Kier alpha value is -2.78. The van der Waals surface area contributed by atoms with Crippen molar-refractivity contribution in [3.63, 3.8) is 0 Å². The van der Waals surface area contributed by atoms with Crippen LogP contribution in [-0.4, -0.2) is 53.3 Å². The minimum atomic E-state index is -3.09. The fourth-order valence-corrected chi connectivity index (χ4v) is 4.24. The molecule has 0 aromatic carbocycles. The molecule has 1 aliphatic heterocycles. The van der Waals surface area contributed by atoms with Gasteiger partial charge in [0, 0.05) is 32.1 Å². The summed E-state index contributed by atoms with van der Waals surface area (Å²) in [6.07, 6.45) is -0.507. The van der Waals surface area contributed by atoms with Crippen molar-refractivity contribution in [1.82, 2.24) is 15.2 Å². The molecule has 0 unspecified atom stereocenters. The largest absolute Gasteiger partial charge is 0.462 e. The maximum atomic E-state index is 13.4. The number of hydrogen-bond acceptors (Lipinski definition) is 5. The number of carbonyl (C=O) groups excluding carboxylic acids is 4. The summed E-state index contributed by atoms with van der Waals surface area (Å²) >= 11 is 0. The second-order valence-electron chi connectivity index (χ2n) is 7.42. The number of nitrogens with one attached hydrogen (secondary N) is 2. The van der Waals surface area contributed by atoms with Crippen molar-refractivity contribution in [2.45, 2.75) is 57.5 Å². The van der Waals surface area contributed by atoms with Crippen LogP contribution in [0.3, 0.4) is 0 Å². The highest BCUT2D eigenvalue weighted by atomic mass is 19.3. The highest BCUT2D eigenvalue weighted by Gasteiger charge is 2.62. The smallest absolute Gasteiger partial charge is 0.340 e. The summed E-state index contributed by atoms with van der Waals surface area (Å²) in [7, 11) is 1.27. The normalized spacial score (nSPS) is 18.4. The molecule has 158 valence electrons. The molecule has 1 aliphatic carbocycles. The van der Waals surface area contributed by atoms with Gasteiger partial charge in [-0.25, -0.2) is 13.6 Å². The Balaban J connectivity index is 1.91. The third-order valence-electron chi connectivity index (χ3n) is 5.45. The van der Waals surface area contributed by atoms with E-state index in [1.165, 1.54) is 7.05 Å². The molecule has 2 heterocycles. The van der Waals surface area contributed by atoms with Gasteiger partial charge in [0.25, 0.3) is 17.6 Å². The third-order valence-corrected chi connectivity index (χ3v) is 5.45. The lowest BCUT2D eigenvalue weighted by Gasteiger charge is -2.45. The van der Waals surface area contributed by atoms with Crippen molar-refractivity contribution in [1.29, 1.82) is 0 Å². The Bertz CT molecular complexity index is 898. The van der Waals surface area contributed by atoms with Crippen molar-refractivity contribution >= 4 is 23.6 Å². The summed E-state index contributed by atoms with van der Waals surface area (Å²) in [6, 6.07) is 0. The molecule has 0 atom stereocenters. The van der Waals surface area contributed by atoms with Crippen LogP contribution in [0.4, 0.5) is 8.78 Å². The van der Waals surface area contributed by atoms with Crippen molar-refractivity contribution < 1.29 is 32.7 Å². The van der Waals surface area contributed by atoms with Crippen LogP contribution < -0.4 is 10.6 Å². The lowest BCUT2D eigenvalue weighted by Crippen LogP contribution is -2.69. The Morgan fingerprint density at radius 1 is 1.21 bits per heavy atom. The molecule has 0 bridgehead atoms. The van der Waals surface area contributed by atoms with Gasteiger partial charge < -0.3 is 19.9 Å². The Kier molecular flexibility index (Phi) is 5.22. The maximum absolute atomic E-state index is 13.4. The minimum Gasteiger partial charge on any atom is -0.462 e. The van der Waals surface area contributed by atoms with Crippen LogP contribution in [0.2, 0.25) is 0 Å². The van der Waals surface area contributed by atoms with E-state index in [9.17, 15) is 28.0 Å². The number of esters is 1. The van der Waals surface area contributed by atoms with E-state index >= 15 is 0 Å². The van der Waals surface area contributed by atoms with E-state index < -0.39 is 47.9 Å². The van der Waals surface area contributed by atoms with Crippen LogP contribution in [-0.2, 0) is 27.3 Å². The molecule has 0 radical (unpaired) electrons. The monoisotopic (exact) mass is 411 g/mol. The van der Waals surface area contributed by atoms with E-state index in [1.54, 1.807) is 18.4 Å². The summed E-state index contributed by atoms with van der Waals surface area (Å²) in [5, 5.41) is 4.46. The first-order valence-corrected chi connectivity index (χ1v) is 9.43. The average Bonchev–Trinajstić information content (AvgIpc) is 3.18. The number of aromatic nitrogens is 1. The fourth-order valence-electron chi connectivity index (χ4n) is 4.24. The molecule has 2 N–H and O–H groups in total. The molecule has 1 fully saturated rings. The Morgan fingerprint density at radius 2 is 1.86 bits per heavy atom. The first-order valence-electron chi connectivity index (χ1n) is 9.43. The SMILES string of the molecule is CCOC(=O)c1c(C)c(C(=O)C(=O)NC2(C(=O)NC)CC(F)(F)C2)n2c1CCC2. The number of ether oxygens (including phenoxy) is 1. The molecule has 1 saturated carbocycles. The predicted molar refractivity (Wildman–Crippen MR) is 96.9 cm³/mol. The number of alkyl halides is 2. The van der Waals surface area contributed by atoms with Gasteiger partial charge in [-0.15, -0.1) is 0 Å². The van der Waals surface area contributed by atoms with Crippen molar-refractivity contribution in [3.05, 3.63) is 22.5 Å². The van der Waals surface area contributed by atoms with Gasteiger partial charge in [0.05, 0.1) is 17.9 Å². The summed E-state index contributed by atoms with van der Waals surface area (Å²) < 4.78 is 33.5. The van der Waals surface area contributed by atoms with Gasteiger partial charge in [-0.05, 0) is 32.3 Å². The molecule has 0 spiro atoms. The van der Waals surface area contributed by atoms with E-state index in [0.717, 1.165) is 0 Å². The van der Waals surface area contributed by atoms with Gasteiger partial charge in [-0.1, -0.05) is 0 Å². The standard InChI is InChI=1S/C19H23F2N3O5/c1-4-29-16(27)12-10(2)13(24-7-5-6-11(12)24)14(25)15(26)23-18(17(28)22-3)8-19(20,21)9-18/h4-9H2,1-3H3,(H,22,28)(H,23,26). The van der Waals surface area contributed by atoms with Crippen LogP contribution in [0.1, 0.15) is 58.3 Å². The summed E-state index contributed by atoms with van der Waals surface area (Å²) in [5.74, 6) is -6.58. The number of Topliss-reactive ketones (excluding diaryl/α,β-unsaturated/α-hetero) is 1. The van der Waals surface area contributed by atoms with Crippen molar-refractivity contribution in [3.8, 4) is 0 Å². The number of amides is 2. The van der Waals surface area contributed by atoms with Crippen molar-refractivity contribution in [2.24, 2.45) is 0 Å². The lowest BCUT2D eigenvalue weighted by atomic mass is 9.72. The second-order valence-corrected chi connectivity index (χ2v) is 7.42. The van der Waals surface area contributed by atoms with E-state index in [0.29, 0.717) is 30.6 Å². The molecule has 2 amide bonds. The van der Waals surface area contributed by atoms with E-state index in [1.807, 2.05) is 0 Å². The van der Waals surface area contributed by atoms with Crippen LogP contribution >= 0.6 is 0 Å². The Labute approximate surface area is 166 Å².